The summed E-state index contributed by atoms with van der Waals surface area (Å²) in [5.41, 5.74) is -0.0148. The minimum Gasteiger partial charge on any atom is -0.504 e. The van der Waals surface area contributed by atoms with Crippen LogP contribution >= 0.6 is 0 Å². The Morgan fingerprint density at radius 1 is 1.22 bits per heavy atom. The Hall–Kier alpha value is -2.76. The maximum absolute atomic E-state index is 11.2. The van der Waals surface area contributed by atoms with E-state index in [0.29, 0.717) is 23.3 Å². The highest BCUT2D eigenvalue weighted by Crippen LogP contribution is 2.30. The summed E-state index contributed by atoms with van der Waals surface area (Å²) in [4.78, 5) is 15.2. The smallest absolute Gasteiger partial charge is 0.336 e. The Morgan fingerprint density at radius 2 is 2.13 bits per heavy atom. The van der Waals surface area contributed by atoms with Gasteiger partial charge >= 0.3 is 5.63 Å². The van der Waals surface area contributed by atoms with Gasteiger partial charge in [0.15, 0.2) is 11.5 Å². The number of hydrogen-bond donors (Lipinski definition) is 1. The summed E-state index contributed by atoms with van der Waals surface area (Å²) in [7, 11) is 0. The molecule has 0 bridgehead atoms. The second kappa shape index (κ2) is 7.00. The summed E-state index contributed by atoms with van der Waals surface area (Å²) >= 11 is 0. The molecule has 6 nitrogen and oxygen atoms in total. The lowest BCUT2D eigenvalue weighted by atomic mass is 10.2. The highest BCUT2D eigenvalue weighted by Gasteiger charge is 2.07. The first-order valence-electron chi connectivity index (χ1n) is 7.58. The van der Waals surface area contributed by atoms with Crippen molar-refractivity contribution >= 4 is 11.0 Å². The molecule has 0 saturated heterocycles. The first kappa shape index (κ1) is 15.1. The average molecular weight is 314 g/mol. The number of phenols is 1. The number of aromatic hydroxyl groups is 1. The first-order chi connectivity index (χ1) is 11.2. The molecule has 0 atom stereocenters. The molecule has 6 heteroatoms. The summed E-state index contributed by atoms with van der Waals surface area (Å²) in [6, 6.07) is 6.02. The van der Waals surface area contributed by atoms with Gasteiger partial charge in [-0.2, -0.15) is 0 Å². The van der Waals surface area contributed by atoms with Crippen LogP contribution in [-0.4, -0.2) is 21.3 Å². The van der Waals surface area contributed by atoms with Gasteiger partial charge in [0.2, 0.25) is 0 Å². The molecule has 0 aliphatic rings. The summed E-state index contributed by atoms with van der Waals surface area (Å²) in [6.07, 6.45) is 8.45. The van der Waals surface area contributed by atoms with Gasteiger partial charge in [0, 0.05) is 36.5 Å². The number of ether oxygens (including phenoxy) is 1. The van der Waals surface area contributed by atoms with Gasteiger partial charge in [0.05, 0.1) is 12.9 Å². The first-order valence-corrected chi connectivity index (χ1v) is 7.58. The number of rotatable bonds is 7. The van der Waals surface area contributed by atoms with Gasteiger partial charge in [0.1, 0.15) is 5.58 Å². The van der Waals surface area contributed by atoms with Crippen molar-refractivity contribution in [3.63, 3.8) is 0 Å². The summed E-state index contributed by atoms with van der Waals surface area (Å²) < 4.78 is 12.7. The molecule has 0 amide bonds. The Labute approximate surface area is 133 Å². The van der Waals surface area contributed by atoms with E-state index in [-0.39, 0.29) is 5.75 Å². The summed E-state index contributed by atoms with van der Waals surface area (Å²) in [6.45, 7) is 1.44. The third kappa shape index (κ3) is 3.91. The molecule has 0 aliphatic heterocycles. The molecule has 0 spiro atoms. The normalized spacial score (nSPS) is 11.0. The van der Waals surface area contributed by atoms with E-state index in [1.807, 2.05) is 10.8 Å². The van der Waals surface area contributed by atoms with Gasteiger partial charge in [-0.15, -0.1) is 0 Å². The van der Waals surface area contributed by atoms with E-state index in [1.165, 1.54) is 12.1 Å². The van der Waals surface area contributed by atoms with E-state index in [4.69, 9.17) is 9.15 Å². The van der Waals surface area contributed by atoms with Crippen LogP contribution in [0.3, 0.4) is 0 Å². The predicted octanol–water partition coefficient (Wildman–Crippen LogP) is 2.94. The number of imidazole rings is 1. The van der Waals surface area contributed by atoms with Crippen LogP contribution in [0.1, 0.15) is 19.3 Å². The lowest BCUT2D eigenvalue weighted by molar-refractivity contribution is 0.288. The Bertz CT molecular complexity index is 824. The lowest BCUT2D eigenvalue weighted by Crippen LogP contribution is -2.00. The van der Waals surface area contributed by atoms with E-state index in [2.05, 4.69) is 4.98 Å². The third-order valence-corrected chi connectivity index (χ3v) is 3.58. The van der Waals surface area contributed by atoms with Crippen molar-refractivity contribution in [3.8, 4) is 11.5 Å². The Kier molecular flexibility index (Phi) is 4.61. The van der Waals surface area contributed by atoms with Crippen LogP contribution in [0.15, 0.2) is 52.2 Å². The number of hydrogen-bond acceptors (Lipinski definition) is 5. The highest BCUT2D eigenvalue weighted by molar-refractivity contribution is 5.80. The van der Waals surface area contributed by atoms with E-state index in [0.717, 1.165) is 25.8 Å². The van der Waals surface area contributed by atoms with Gasteiger partial charge in [-0.1, -0.05) is 0 Å². The van der Waals surface area contributed by atoms with Crippen LogP contribution in [0.25, 0.3) is 11.0 Å². The van der Waals surface area contributed by atoms with E-state index in [9.17, 15) is 9.90 Å². The molecule has 0 saturated carbocycles. The zero-order chi connectivity index (χ0) is 16.1. The van der Waals surface area contributed by atoms with Gasteiger partial charge in [-0.25, -0.2) is 9.78 Å². The number of aromatic nitrogens is 2. The SMILES string of the molecule is O=c1ccc2cc(O)c(OCCCCCn3ccnc3)cc2o1. The lowest BCUT2D eigenvalue weighted by Gasteiger charge is -2.09. The van der Waals surface area contributed by atoms with Crippen LogP contribution < -0.4 is 10.4 Å². The van der Waals surface area contributed by atoms with Crippen molar-refractivity contribution < 1.29 is 14.3 Å². The van der Waals surface area contributed by atoms with Crippen molar-refractivity contribution in [1.82, 2.24) is 9.55 Å². The minimum atomic E-state index is -0.423. The van der Waals surface area contributed by atoms with E-state index in [1.54, 1.807) is 24.7 Å². The van der Waals surface area contributed by atoms with Crippen LogP contribution in [0.5, 0.6) is 11.5 Å². The molecular weight excluding hydrogens is 296 g/mol. The zero-order valence-corrected chi connectivity index (χ0v) is 12.6. The molecule has 2 heterocycles. The largest absolute Gasteiger partial charge is 0.504 e. The molecule has 120 valence electrons. The molecule has 3 aromatic rings. The van der Waals surface area contributed by atoms with Gasteiger partial charge < -0.3 is 18.8 Å². The number of phenolic OH excluding ortho intramolecular Hbond substituents is 1. The molecule has 1 aromatic carbocycles. The Morgan fingerprint density at radius 3 is 2.96 bits per heavy atom. The fourth-order valence-corrected chi connectivity index (χ4v) is 2.37. The number of nitrogens with zero attached hydrogens (tertiary/aromatic N) is 2. The van der Waals surface area contributed by atoms with Crippen molar-refractivity contribution in [2.75, 3.05) is 6.61 Å². The van der Waals surface area contributed by atoms with Crippen LogP contribution in [0.4, 0.5) is 0 Å². The van der Waals surface area contributed by atoms with Crippen LogP contribution in [0.2, 0.25) is 0 Å². The average Bonchev–Trinajstić information content (AvgIpc) is 3.04. The third-order valence-electron chi connectivity index (χ3n) is 3.58. The molecular formula is C17H18N2O4. The fourth-order valence-electron chi connectivity index (χ4n) is 2.37. The standard InChI is InChI=1S/C17H18N2O4/c20-14-10-13-4-5-17(21)23-15(13)11-16(14)22-9-3-1-2-7-19-8-6-18-12-19/h4-6,8,10-12,20H,1-3,7,9H2. The van der Waals surface area contributed by atoms with Crippen molar-refractivity contribution in [2.24, 2.45) is 0 Å². The number of benzene rings is 1. The fraction of sp³-hybridized carbons (Fsp3) is 0.294. The molecule has 1 N–H and O–H groups in total. The topological polar surface area (TPSA) is 77.5 Å². The van der Waals surface area contributed by atoms with Crippen LogP contribution in [-0.2, 0) is 6.54 Å². The van der Waals surface area contributed by atoms with Gasteiger partial charge in [0.25, 0.3) is 0 Å². The second-order valence-electron chi connectivity index (χ2n) is 5.32. The molecule has 0 fully saturated rings. The molecule has 2 aromatic heterocycles. The van der Waals surface area contributed by atoms with Crippen LogP contribution in [0, 0.1) is 0 Å². The monoisotopic (exact) mass is 314 g/mol. The second-order valence-corrected chi connectivity index (χ2v) is 5.32. The van der Waals surface area contributed by atoms with E-state index < -0.39 is 5.63 Å². The van der Waals surface area contributed by atoms with Crippen molar-refractivity contribution in [2.45, 2.75) is 25.8 Å². The Balaban J connectivity index is 1.50. The minimum absolute atomic E-state index is 0.0461. The number of unbranched alkanes of at least 4 members (excludes halogenated alkanes) is 2. The molecule has 23 heavy (non-hydrogen) atoms. The molecule has 0 radical (unpaired) electrons. The maximum atomic E-state index is 11.2. The molecule has 0 aliphatic carbocycles. The van der Waals surface area contributed by atoms with Crippen molar-refractivity contribution in [1.29, 1.82) is 0 Å². The molecule has 3 rings (SSSR count). The maximum Gasteiger partial charge on any atom is 0.336 e. The number of aryl methyl sites for hydroxylation is 1. The van der Waals surface area contributed by atoms with Gasteiger partial charge in [-0.05, 0) is 31.4 Å². The predicted molar refractivity (Wildman–Crippen MR) is 85.7 cm³/mol. The van der Waals surface area contributed by atoms with Crippen molar-refractivity contribution in [3.05, 3.63) is 53.4 Å². The van der Waals surface area contributed by atoms with E-state index >= 15 is 0 Å². The molecule has 0 unspecified atom stereocenters. The quantitative estimate of drug-likeness (QED) is 0.536. The number of fused-ring (bicyclic) bond motifs is 1. The summed E-state index contributed by atoms with van der Waals surface area (Å²) in [5, 5.41) is 10.6. The summed E-state index contributed by atoms with van der Waals surface area (Å²) in [5.74, 6) is 0.381. The zero-order valence-electron chi connectivity index (χ0n) is 12.6. The highest BCUT2D eigenvalue weighted by atomic mass is 16.5. The van der Waals surface area contributed by atoms with Gasteiger partial charge in [-0.3, -0.25) is 0 Å².